The molecule has 0 saturated heterocycles. The number of unbranched alkanes of at least 4 members (excludes halogenated alkanes) is 1. The van der Waals surface area contributed by atoms with Crippen molar-refractivity contribution >= 4 is 0 Å². The quantitative estimate of drug-likeness (QED) is 0.209. The molecule has 3 heteroatoms. The molecule has 0 aliphatic carbocycles. The topological polar surface area (TPSA) is 0 Å². The van der Waals surface area contributed by atoms with Crippen molar-refractivity contribution < 1.29 is 13.2 Å². The van der Waals surface area contributed by atoms with E-state index in [1.807, 2.05) is 60.7 Å². The molecule has 36 heavy (non-hydrogen) atoms. The zero-order chi connectivity index (χ0) is 25.5. The maximum Gasteiger partial charge on any atom is 0.166 e. The molecular formula is C33H33F3. The third kappa shape index (κ3) is 6.07. The van der Waals surface area contributed by atoms with E-state index in [0.717, 1.165) is 48.8 Å². The molecule has 0 heterocycles. The normalized spacial score (nSPS) is 11.1. The molecule has 0 nitrogen and oxygen atoms in total. The summed E-state index contributed by atoms with van der Waals surface area (Å²) in [5, 5.41) is 0. The standard InChI is InChI=1S/C33H33F3/c1-3-5-7-25-13-20-29(31(34)22-25)26-14-10-24(11-15-26)12-18-28-19-21-30(33(36)32(28)35)27-16-8-23(6-4-2)9-17-27/h8-11,13-17,19-22H,3-7,12,18H2,1-2H3. The molecule has 0 spiro atoms. The lowest BCUT2D eigenvalue weighted by Crippen LogP contribution is -2.00. The molecular weight excluding hydrogens is 453 g/mol. The molecule has 0 radical (unpaired) electrons. The summed E-state index contributed by atoms with van der Waals surface area (Å²) in [6, 6.07) is 24.1. The van der Waals surface area contributed by atoms with Crippen LogP contribution in [0, 0.1) is 17.5 Å². The zero-order valence-corrected chi connectivity index (χ0v) is 21.1. The molecule has 4 rings (SSSR count). The molecule has 0 aliphatic heterocycles. The van der Waals surface area contributed by atoms with Gasteiger partial charge < -0.3 is 0 Å². The van der Waals surface area contributed by atoms with Crippen LogP contribution in [0.4, 0.5) is 13.2 Å². The predicted octanol–water partition coefficient (Wildman–Crippen LogP) is 9.52. The van der Waals surface area contributed by atoms with Crippen LogP contribution in [-0.4, -0.2) is 0 Å². The highest BCUT2D eigenvalue weighted by Crippen LogP contribution is 2.28. The van der Waals surface area contributed by atoms with Gasteiger partial charge in [0.15, 0.2) is 11.6 Å². The van der Waals surface area contributed by atoms with Crippen molar-refractivity contribution in [2.75, 3.05) is 0 Å². The molecule has 0 amide bonds. The predicted molar refractivity (Wildman–Crippen MR) is 144 cm³/mol. The van der Waals surface area contributed by atoms with Crippen LogP contribution in [-0.2, 0) is 25.7 Å². The van der Waals surface area contributed by atoms with Crippen LogP contribution < -0.4 is 0 Å². The van der Waals surface area contributed by atoms with E-state index in [4.69, 9.17) is 0 Å². The van der Waals surface area contributed by atoms with Gasteiger partial charge in [-0.1, -0.05) is 99.5 Å². The Morgan fingerprint density at radius 2 is 1.08 bits per heavy atom. The largest absolute Gasteiger partial charge is 0.206 e. The van der Waals surface area contributed by atoms with Crippen molar-refractivity contribution in [2.24, 2.45) is 0 Å². The van der Waals surface area contributed by atoms with Gasteiger partial charge in [-0.25, -0.2) is 13.2 Å². The van der Waals surface area contributed by atoms with Crippen LogP contribution in [0.2, 0.25) is 0 Å². The SMILES string of the molecule is CCCCc1ccc(-c2ccc(CCc3ccc(-c4ccc(CCC)cc4)c(F)c3F)cc2)c(F)c1. The average molecular weight is 487 g/mol. The van der Waals surface area contributed by atoms with Crippen molar-refractivity contribution in [3.05, 3.63) is 119 Å². The Morgan fingerprint density at radius 3 is 1.69 bits per heavy atom. The van der Waals surface area contributed by atoms with E-state index in [1.54, 1.807) is 18.2 Å². The van der Waals surface area contributed by atoms with E-state index in [-0.39, 0.29) is 11.4 Å². The molecule has 0 aromatic heterocycles. The van der Waals surface area contributed by atoms with E-state index in [2.05, 4.69) is 13.8 Å². The van der Waals surface area contributed by atoms with Crippen molar-refractivity contribution in [3.8, 4) is 22.3 Å². The van der Waals surface area contributed by atoms with Gasteiger partial charge in [-0.2, -0.15) is 0 Å². The van der Waals surface area contributed by atoms with Crippen LogP contribution >= 0.6 is 0 Å². The molecule has 0 fully saturated rings. The number of hydrogen-bond acceptors (Lipinski definition) is 0. The second kappa shape index (κ2) is 12.1. The summed E-state index contributed by atoms with van der Waals surface area (Å²) >= 11 is 0. The van der Waals surface area contributed by atoms with Gasteiger partial charge >= 0.3 is 0 Å². The first kappa shape index (κ1) is 25.8. The van der Waals surface area contributed by atoms with E-state index in [1.165, 1.54) is 5.56 Å². The van der Waals surface area contributed by atoms with E-state index in [0.29, 0.717) is 29.5 Å². The fourth-order valence-electron chi connectivity index (χ4n) is 4.60. The Balaban J connectivity index is 1.43. The lowest BCUT2D eigenvalue weighted by molar-refractivity contribution is 0.501. The van der Waals surface area contributed by atoms with Gasteiger partial charge in [-0.15, -0.1) is 0 Å². The third-order valence-corrected chi connectivity index (χ3v) is 6.77. The smallest absolute Gasteiger partial charge is 0.166 e. The van der Waals surface area contributed by atoms with Crippen molar-refractivity contribution in [3.63, 3.8) is 0 Å². The van der Waals surface area contributed by atoms with Crippen LogP contribution in [0.1, 0.15) is 55.4 Å². The van der Waals surface area contributed by atoms with Gasteiger partial charge in [0.2, 0.25) is 0 Å². The summed E-state index contributed by atoms with van der Waals surface area (Å²) in [7, 11) is 0. The first-order valence-corrected chi connectivity index (χ1v) is 12.9. The fourth-order valence-corrected chi connectivity index (χ4v) is 4.60. The maximum atomic E-state index is 14.9. The van der Waals surface area contributed by atoms with Crippen LogP contribution in [0.25, 0.3) is 22.3 Å². The molecule has 0 N–H and O–H groups in total. The minimum atomic E-state index is -0.802. The van der Waals surface area contributed by atoms with Gasteiger partial charge in [-0.05, 0) is 71.6 Å². The summed E-state index contributed by atoms with van der Waals surface area (Å²) in [5.74, 6) is -1.80. The first-order valence-electron chi connectivity index (χ1n) is 12.9. The minimum Gasteiger partial charge on any atom is -0.206 e. The van der Waals surface area contributed by atoms with E-state index in [9.17, 15) is 13.2 Å². The van der Waals surface area contributed by atoms with Crippen molar-refractivity contribution in [1.82, 2.24) is 0 Å². The van der Waals surface area contributed by atoms with E-state index < -0.39 is 11.6 Å². The second-order valence-electron chi connectivity index (χ2n) is 9.46. The van der Waals surface area contributed by atoms with Crippen LogP contribution in [0.5, 0.6) is 0 Å². The molecule has 4 aromatic rings. The molecule has 0 atom stereocenters. The highest BCUT2D eigenvalue weighted by molar-refractivity contribution is 5.66. The van der Waals surface area contributed by atoms with Gasteiger partial charge in [0, 0.05) is 11.1 Å². The Morgan fingerprint density at radius 1 is 0.500 bits per heavy atom. The lowest BCUT2D eigenvalue weighted by atomic mass is 9.96. The minimum absolute atomic E-state index is 0.214. The first-order chi connectivity index (χ1) is 17.5. The Kier molecular flexibility index (Phi) is 8.64. The molecule has 4 aromatic carbocycles. The number of benzene rings is 4. The number of aryl methyl sites for hydroxylation is 4. The number of rotatable bonds is 10. The van der Waals surface area contributed by atoms with E-state index >= 15 is 0 Å². The highest BCUT2D eigenvalue weighted by atomic mass is 19.2. The Bertz CT molecular complexity index is 1290. The van der Waals surface area contributed by atoms with Crippen molar-refractivity contribution in [2.45, 2.75) is 58.8 Å². The average Bonchev–Trinajstić information content (AvgIpc) is 2.90. The summed E-state index contributed by atoms with van der Waals surface area (Å²) in [6.07, 6.45) is 5.99. The van der Waals surface area contributed by atoms with Crippen LogP contribution in [0.3, 0.4) is 0 Å². The van der Waals surface area contributed by atoms with Gasteiger partial charge in [-0.3, -0.25) is 0 Å². The zero-order valence-electron chi connectivity index (χ0n) is 21.1. The third-order valence-electron chi connectivity index (χ3n) is 6.77. The lowest BCUT2D eigenvalue weighted by Gasteiger charge is -2.10. The summed E-state index contributed by atoms with van der Waals surface area (Å²) in [6.45, 7) is 4.24. The fraction of sp³-hybridized carbons (Fsp3) is 0.273. The molecule has 0 saturated carbocycles. The molecule has 186 valence electrons. The second-order valence-corrected chi connectivity index (χ2v) is 9.46. The number of hydrogen-bond donors (Lipinski definition) is 0. The summed E-state index contributed by atoms with van der Waals surface area (Å²) < 4.78 is 44.4. The Hall–Kier alpha value is -3.33. The molecule has 0 unspecified atom stereocenters. The number of halogens is 3. The highest BCUT2D eigenvalue weighted by Gasteiger charge is 2.15. The van der Waals surface area contributed by atoms with Crippen LogP contribution in [0.15, 0.2) is 78.9 Å². The maximum absolute atomic E-state index is 14.9. The van der Waals surface area contributed by atoms with Gasteiger partial charge in [0.25, 0.3) is 0 Å². The van der Waals surface area contributed by atoms with Gasteiger partial charge in [0.1, 0.15) is 5.82 Å². The van der Waals surface area contributed by atoms with Gasteiger partial charge in [0.05, 0.1) is 0 Å². The molecule has 0 bridgehead atoms. The summed E-state index contributed by atoms with van der Waals surface area (Å²) in [5.41, 5.74) is 5.91. The molecule has 0 aliphatic rings. The summed E-state index contributed by atoms with van der Waals surface area (Å²) in [4.78, 5) is 0. The van der Waals surface area contributed by atoms with Crippen molar-refractivity contribution in [1.29, 1.82) is 0 Å². The monoisotopic (exact) mass is 486 g/mol. The Labute approximate surface area is 212 Å².